The van der Waals surface area contributed by atoms with Crippen LogP contribution in [0.1, 0.15) is 12.0 Å². The Bertz CT molecular complexity index is 226. The van der Waals surface area contributed by atoms with E-state index in [-0.39, 0.29) is 6.61 Å². The second kappa shape index (κ2) is 5.56. The standard InChI is InChI=1S/C11H13O/c12-10-6-2-5-9-11-7-3-1-4-8-11/h1-5,7-8H,6,9-10H2. The lowest BCUT2D eigenvalue weighted by Crippen LogP contribution is -1.79. The van der Waals surface area contributed by atoms with Crippen molar-refractivity contribution in [3.05, 3.63) is 48.0 Å². The summed E-state index contributed by atoms with van der Waals surface area (Å²) in [6.07, 6.45) is 5.57. The van der Waals surface area contributed by atoms with Gasteiger partial charge < -0.3 is 0 Å². The smallest absolute Gasteiger partial charge is 0.0856 e. The lowest BCUT2D eigenvalue weighted by molar-refractivity contribution is 0.199. The normalized spacial score (nSPS) is 10.8. The van der Waals surface area contributed by atoms with Gasteiger partial charge in [0.15, 0.2) is 0 Å². The predicted molar refractivity (Wildman–Crippen MR) is 49.5 cm³/mol. The molecule has 0 saturated carbocycles. The quantitative estimate of drug-likeness (QED) is 0.605. The van der Waals surface area contributed by atoms with Crippen LogP contribution < -0.4 is 0 Å². The fourth-order valence-electron chi connectivity index (χ4n) is 1.02. The zero-order valence-corrected chi connectivity index (χ0v) is 7.07. The second-order valence-corrected chi connectivity index (χ2v) is 2.65. The molecular weight excluding hydrogens is 148 g/mol. The van der Waals surface area contributed by atoms with Crippen molar-refractivity contribution in [3.8, 4) is 0 Å². The molecular formula is C11H13O. The van der Waals surface area contributed by atoms with Gasteiger partial charge in [-0.25, -0.2) is 5.11 Å². The Morgan fingerprint density at radius 2 is 1.83 bits per heavy atom. The lowest BCUT2D eigenvalue weighted by atomic mass is 10.1. The second-order valence-electron chi connectivity index (χ2n) is 2.65. The Morgan fingerprint density at radius 3 is 2.50 bits per heavy atom. The van der Waals surface area contributed by atoms with Gasteiger partial charge in [-0.3, -0.25) is 0 Å². The topological polar surface area (TPSA) is 19.9 Å². The molecule has 1 rings (SSSR count). The number of benzene rings is 1. The highest BCUT2D eigenvalue weighted by molar-refractivity contribution is 5.17. The first kappa shape index (κ1) is 9.01. The minimum Gasteiger partial charge on any atom is -0.236 e. The Labute approximate surface area is 73.4 Å². The molecule has 12 heavy (non-hydrogen) atoms. The van der Waals surface area contributed by atoms with Gasteiger partial charge in [-0.2, -0.15) is 0 Å². The summed E-state index contributed by atoms with van der Waals surface area (Å²) >= 11 is 0. The predicted octanol–water partition coefficient (Wildman–Crippen LogP) is 2.61. The summed E-state index contributed by atoms with van der Waals surface area (Å²) in [4.78, 5) is 0. The fraction of sp³-hybridized carbons (Fsp3) is 0.273. The third-order valence-electron chi connectivity index (χ3n) is 1.65. The number of hydrogen-bond donors (Lipinski definition) is 0. The van der Waals surface area contributed by atoms with Crippen molar-refractivity contribution < 1.29 is 5.11 Å². The van der Waals surface area contributed by atoms with Gasteiger partial charge in [0, 0.05) is 0 Å². The summed E-state index contributed by atoms with van der Waals surface area (Å²) in [5.41, 5.74) is 1.29. The van der Waals surface area contributed by atoms with Crippen LogP contribution in [0.4, 0.5) is 0 Å². The summed E-state index contributed by atoms with van der Waals surface area (Å²) in [6.45, 7) is -0.00864. The minimum absolute atomic E-state index is 0.00864. The number of allylic oxidation sites excluding steroid dienone is 1. The molecule has 0 bridgehead atoms. The third-order valence-corrected chi connectivity index (χ3v) is 1.65. The zero-order valence-electron chi connectivity index (χ0n) is 7.07. The SMILES string of the molecule is [O]CCC=CCc1ccccc1. The van der Waals surface area contributed by atoms with Gasteiger partial charge in [0.05, 0.1) is 6.61 Å². The van der Waals surface area contributed by atoms with E-state index in [1.807, 2.05) is 30.4 Å². The molecule has 1 aromatic rings. The van der Waals surface area contributed by atoms with Crippen molar-refractivity contribution in [2.75, 3.05) is 6.61 Å². The molecule has 0 aromatic heterocycles. The van der Waals surface area contributed by atoms with Crippen LogP contribution in [0.25, 0.3) is 0 Å². The number of rotatable bonds is 4. The van der Waals surface area contributed by atoms with Gasteiger partial charge in [0.1, 0.15) is 0 Å². The van der Waals surface area contributed by atoms with Crippen LogP contribution in [0.15, 0.2) is 42.5 Å². The zero-order chi connectivity index (χ0) is 8.65. The molecule has 1 heteroatoms. The molecule has 0 aliphatic carbocycles. The average molecular weight is 161 g/mol. The lowest BCUT2D eigenvalue weighted by Gasteiger charge is -1.93. The largest absolute Gasteiger partial charge is 0.236 e. The van der Waals surface area contributed by atoms with Gasteiger partial charge in [-0.1, -0.05) is 42.5 Å². The molecule has 0 unspecified atom stereocenters. The van der Waals surface area contributed by atoms with E-state index in [2.05, 4.69) is 12.1 Å². The van der Waals surface area contributed by atoms with Crippen molar-refractivity contribution in [1.82, 2.24) is 0 Å². The molecule has 0 aliphatic heterocycles. The molecule has 0 heterocycles. The van der Waals surface area contributed by atoms with E-state index >= 15 is 0 Å². The minimum atomic E-state index is -0.00864. The summed E-state index contributed by atoms with van der Waals surface area (Å²) < 4.78 is 0. The Kier molecular flexibility index (Phi) is 4.17. The van der Waals surface area contributed by atoms with Crippen LogP contribution in [0.5, 0.6) is 0 Å². The van der Waals surface area contributed by atoms with E-state index < -0.39 is 0 Å². The van der Waals surface area contributed by atoms with E-state index in [0.717, 1.165) is 6.42 Å². The van der Waals surface area contributed by atoms with Crippen LogP contribution in [-0.2, 0) is 11.5 Å². The summed E-state index contributed by atoms with van der Waals surface area (Å²) in [5, 5.41) is 10.1. The molecule has 1 nitrogen and oxygen atoms in total. The van der Waals surface area contributed by atoms with Gasteiger partial charge >= 0.3 is 0 Å². The summed E-state index contributed by atoms with van der Waals surface area (Å²) in [7, 11) is 0. The van der Waals surface area contributed by atoms with Crippen LogP contribution in [0.2, 0.25) is 0 Å². The molecule has 1 aromatic carbocycles. The Morgan fingerprint density at radius 1 is 1.08 bits per heavy atom. The molecule has 0 atom stereocenters. The van der Waals surface area contributed by atoms with Gasteiger partial charge in [-0.05, 0) is 18.4 Å². The van der Waals surface area contributed by atoms with Gasteiger partial charge in [0.25, 0.3) is 0 Å². The third kappa shape index (κ3) is 3.35. The van der Waals surface area contributed by atoms with E-state index in [0.29, 0.717) is 6.42 Å². The van der Waals surface area contributed by atoms with E-state index in [9.17, 15) is 5.11 Å². The molecule has 0 saturated heterocycles. The monoisotopic (exact) mass is 161 g/mol. The van der Waals surface area contributed by atoms with Crippen molar-refractivity contribution in [1.29, 1.82) is 0 Å². The maximum atomic E-state index is 10.1. The average Bonchev–Trinajstić information content (AvgIpc) is 2.14. The summed E-state index contributed by atoms with van der Waals surface area (Å²) in [6, 6.07) is 10.2. The van der Waals surface area contributed by atoms with Crippen molar-refractivity contribution >= 4 is 0 Å². The van der Waals surface area contributed by atoms with E-state index in [1.54, 1.807) is 0 Å². The van der Waals surface area contributed by atoms with Crippen LogP contribution in [0.3, 0.4) is 0 Å². The van der Waals surface area contributed by atoms with Crippen molar-refractivity contribution in [2.24, 2.45) is 0 Å². The highest BCUT2D eigenvalue weighted by Crippen LogP contribution is 2.00. The highest BCUT2D eigenvalue weighted by Gasteiger charge is 1.84. The highest BCUT2D eigenvalue weighted by atomic mass is 16.2. The fourth-order valence-corrected chi connectivity index (χ4v) is 1.02. The van der Waals surface area contributed by atoms with Crippen LogP contribution in [-0.4, -0.2) is 6.61 Å². The molecule has 63 valence electrons. The Hall–Kier alpha value is -1.08. The first-order chi connectivity index (χ1) is 5.93. The molecule has 0 fully saturated rings. The molecule has 0 amide bonds. The van der Waals surface area contributed by atoms with Gasteiger partial charge in [-0.15, -0.1) is 0 Å². The number of hydrogen-bond acceptors (Lipinski definition) is 0. The maximum absolute atomic E-state index is 10.1. The van der Waals surface area contributed by atoms with Crippen LogP contribution in [0, 0.1) is 0 Å². The first-order valence-electron chi connectivity index (χ1n) is 4.20. The first-order valence-corrected chi connectivity index (χ1v) is 4.20. The van der Waals surface area contributed by atoms with Crippen molar-refractivity contribution in [2.45, 2.75) is 12.8 Å². The van der Waals surface area contributed by atoms with Gasteiger partial charge in [0.2, 0.25) is 0 Å². The molecule has 0 aliphatic rings. The molecule has 0 N–H and O–H groups in total. The molecule has 1 radical (unpaired) electrons. The molecule has 0 spiro atoms. The van der Waals surface area contributed by atoms with E-state index in [1.165, 1.54) is 5.56 Å². The van der Waals surface area contributed by atoms with E-state index in [4.69, 9.17) is 0 Å². The Balaban J connectivity index is 2.33. The van der Waals surface area contributed by atoms with Crippen LogP contribution >= 0.6 is 0 Å². The maximum Gasteiger partial charge on any atom is 0.0856 e. The summed E-state index contributed by atoms with van der Waals surface area (Å²) in [5.74, 6) is 0. The van der Waals surface area contributed by atoms with Crippen molar-refractivity contribution in [3.63, 3.8) is 0 Å².